The van der Waals surface area contributed by atoms with E-state index >= 15 is 0 Å². The number of ether oxygens (including phenoxy) is 1. The molecule has 1 atom stereocenters. The molecule has 2 rings (SSSR count). The number of aliphatic hydroxyl groups is 1. The zero-order valence-corrected chi connectivity index (χ0v) is 13.2. The molecule has 0 aliphatic rings. The van der Waals surface area contributed by atoms with Crippen LogP contribution in [0.3, 0.4) is 0 Å². The Balaban J connectivity index is 1.84. The molecule has 0 fully saturated rings. The normalized spacial score (nSPS) is 12.4. The van der Waals surface area contributed by atoms with Gasteiger partial charge in [-0.2, -0.15) is 0 Å². The number of aryl methyl sites for hydroxylation is 1. The summed E-state index contributed by atoms with van der Waals surface area (Å²) < 4.78 is 6.85. The maximum absolute atomic E-state index is 9.25. The molecule has 1 aromatic carbocycles. The van der Waals surface area contributed by atoms with Gasteiger partial charge in [0, 0.05) is 4.88 Å². The first-order valence-corrected chi connectivity index (χ1v) is 7.88. The molecule has 102 valence electrons. The standard InChI is InChI=1S/C15H17BrO2S/c1-11(17)2-3-12-4-6-13(7-5-12)18-10-14-8-9-15(16)19-14/h4-9,11,17H,2-3,10H2,1H3. The van der Waals surface area contributed by atoms with E-state index in [-0.39, 0.29) is 6.10 Å². The molecule has 0 bridgehead atoms. The van der Waals surface area contributed by atoms with Gasteiger partial charge in [-0.3, -0.25) is 0 Å². The summed E-state index contributed by atoms with van der Waals surface area (Å²) in [6.07, 6.45) is 1.45. The van der Waals surface area contributed by atoms with Gasteiger partial charge >= 0.3 is 0 Å². The van der Waals surface area contributed by atoms with E-state index in [4.69, 9.17) is 4.74 Å². The molecule has 0 aliphatic heterocycles. The summed E-state index contributed by atoms with van der Waals surface area (Å²) in [5.41, 5.74) is 1.23. The summed E-state index contributed by atoms with van der Waals surface area (Å²) in [5, 5.41) is 9.25. The summed E-state index contributed by atoms with van der Waals surface area (Å²) in [7, 11) is 0. The van der Waals surface area contributed by atoms with E-state index in [0.717, 1.165) is 22.4 Å². The number of benzene rings is 1. The van der Waals surface area contributed by atoms with Crippen molar-refractivity contribution in [1.82, 2.24) is 0 Å². The van der Waals surface area contributed by atoms with Crippen LogP contribution < -0.4 is 4.74 Å². The van der Waals surface area contributed by atoms with Gasteiger partial charge in [-0.15, -0.1) is 11.3 Å². The molecular formula is C15H17BrO2S. The Morgan fingerprint density at radius 3 is 2.53 bits per heavy atom. The number of halogens is 1. The molecule has 0 aliphatic carbocycles. The molecule has 0 spiro atoms. The SMILES string of the molecule is CC(O)CCc1ccc(OCc2ccc(Br)s2)cc1. The van der Waals surface area contributed by atoms with Crippen molar-refractivity contribution < 1.29 is 9.84 Å². The molecule has 0 amide bonds. The fraction of sp³-hybridized carbons (Fsp3) is 0.333. The largest absolute Gasteiger partial charge is 0.488 e. The van der Waals surface area contributed by atoms with Crippen LogP contribution in [0.1, 0.15) is 23.8 Å². The number of rotatable bonds is 6. The third-order valence-electron chi connectivity index (χ3n) is 2.78. The smallest absolute Gasteiger partial charge is 0.122 e. The number of hydrogen-bond acceptors (Lipinski definition) is 3. The Labute approximate surface area is 126 Å². The van der Waals surface area contributed by atoms with Crippen molar-refractivity contribution in [2.75, 3.05) is 0 Å². The molecular weight excluding hydrogens is 324 g/mol. The van der Waals surface area contributed by atoms with Crippen LogP contribution in [0, 0.1) is 0 Å². The third-order valence-corrected chi connectivity index (χ3v) is 4.38. The first-order valence-electron chi connectivity index (χ1n) is 6.27. The lowest BCUT2D eigenvalue weighted by molar-refractivity contribution is 0.185. The van der Waals surface area contributed by atoms with Crippen molar-refractivity contribution in [2.45, 2.75) is 32.5 Å². The molecule has 0 saturated heterocycles. The lowest BCUT2D eigenvalue weighted by Gasteiger charge is -2.07. The second-order valence-electron chi connectivity index (χ2n) is 4.53. The van der Waals surface area contributed by atoms with Gasteiger partial charge in [0.25, 0.3) is 0 Å². The van der Waals surface area contributed by atoms with E-state index in [1.807, 2.05) is 25.1 Å². The highest BCUT2D eigenvalue weighted by Gasteiger charge is 2.01. The van der Waals surface area contributed by atoms with E-state index in [2.05, 4.69) is 34.1 Å². The molecule has 4 heteroatoms. The molecule has 1 N–H and O–H groups in total. The highest BCUT2D eigenvalue weighted by molar-refractivity contribution is 9.11. The van der Waals surface area contributed by atoms with E-state index < -0.39 is 0 Å². The predicted molar refractivity (Wildman–Crippen MR) is 82.8 cm³/mol. The molecule has 1 heterocycles. The summed E-state index contributed by atoms with van der Waals surface area (Å²) in [5.74, 6) is 0.880. The van der Waals surface area contributed by atoms with Gasteiger partial charge in [0.1, 0.15) is 12.4 Å². The van der Waals surface area contributed by atoms with Gasteiger partial charge in [0.2, 0.25) is 0 Å². The molecule has 1 unspecified atom stereocenters. The Morgan fingerprint density at radius 1 is 1.21 bits per heavy atom. The minimum Gasteiger partial charge on any atom is -0.488 e. The van der Waals surface area contributed by atoms with Crippen LogP contribution in [-0.2, 0) is 13.0 Å². The van der Waals surface area contributed by atoms with Crippen molar-refractivity contribution >= 4 is 27.3 Å². The van der Waals surface area contributed by atoms with Gasteiger partial charge in [-0.1, -0.05) is 12.1 Å². The maximum atomic E-state index is 9.25. The second-order valence-corrected chi connectivity index (χ2v) is 7.07. The lowest BCUT2D eigenvalue weighted by atomic mass is 10.1. The fourth-order valence-corrected chi connectivity index (χ4v) is 3.11. The van der Waals surface area contributed by atoms with Crippen LogP contribution in [0.4, 0.5) is 0 Å². The molecule has 2 aromatic rings. The summed E-state index contributed by atoms with van der Waals surface area (Å²) in [6.45, 7) is 2.42. The summed E-state index contributed by atoms with van der Waals surface area (Å²) in [6, 6.07) is 12.2. The van der Waals surface area contributed by atoms with Crippen LogP contribution in [-0.4, -0.2) is 11.2 Å². The molecule has 0 saturated carbocycles. The average Bonchev–Trinajstić information content (AvgIpc) is 2.81. The third kappa shape index (κ3) is 4.97. The van der Waals surface area contributed by atoms with Gasteiger partial charge in [-0.25, -0.2) is 0 Å². The molecule has 19 heavy (non-hydrogen) atoms. The first kappa shape index (κ1) is 14.6. The van der Waals surface area contributed by atoms with E-state index in [1.165, 1.54) is 10.4 Å². The minimum absolute atomic E-state index is 0.242. The van der Waals surface area contributed by atoms with Gasteiger partial charge < -0.3 is 9.84 Å². The quantitative estimate of drug-likeness (QED) is 0.844. The van der Waals surface area contributed by atoms with Crippen molar-refractivity contribution in [3.63, 3.8) is 0 Å². The topological polar surface area (TPSA) is 29.5 Å². The van der Waals surface area contributed by atoms with E-state index in [0.29, 0.717) is 6.61 Å². The van der Waals surface area contributed by atoms with Crippen LogP contribution in [0.2, 0.25) is 0 Å². The molecule has 0 radical (unpaired) electrons. The minimum atomic E-state index is -0.242. The number of hydrogen-bond donors (Lipinski definition) is 1. The highest BCUT2D eigenvalue weighted by Crippen LogP contribution is 2.23. The maximum Gasteiger partial charge on any atom is 0.122 e. The molecule has 1 aromatic heterocycles. The monoisotopic (exact) mass is 340 g/mol. The van der Waals surface area contributed by atoms with E-state index in [1.54, 1.807) is 11.3 Å². The van der Waals surface area contributed by atoms with Crippen LogP contribution in [0.5, 0.6) is 5.75 Å². The number of thiophene rings is 1. The summed E-state index contributed by atoms with van der Waals surface area (Å²) >= 11 is 5.12. The van der Waals surface area contributed by atoms with E-state index in [9.17, 15) is 5.11 Å². The molecule has 2 nitrogen and oxygen atoms in total. The highest BCUT2D eigenvalue weighted by atomic mass is 79.9. The Kier molecular flexibility index (Phi) is 5.43. The average molecular weight is 341 g/mol. The second kappa shape index (κ2) is 7.08. The van der Waals surface area contributed by atoms with Gasteiger partial charge in [0.15, 0.2) is 0 Å². The van der Waals surface area contributed by atoms with Crippen molar-refractivity contribution in [2.24, 2.45) is 0 Å². The zero-order valence-electron chi connectivity index (χ0n) is 10.8. The Morgan fingerprint density at radius 2 is 1.95 bits per heavy atom. The van der Waals surface area contributed by atoms with Gasteiger partial charge in [0.05, 0.1) is 9.89 Å². The lowest BCUT2D eigenvalue weighted by Crippen LogP contribution is -2.01. The zero-order chi connectivity index (χ0) is 13.7. The van der Waals surface area contributed by atoms with Crippen molar-refractivity contribution in [1.29, 1.82) is 0 Å². The Hall–Kier alpha value is -0.840. The predicted octanol–water partition coefficient (Wildman–Crippen LogP) is 4.40. The van der Waals surface area contributed by atoms with Crippen LogP contribution >= 0.6 is 27.3 Å². The van der Waals surface area contributed by atoms with Crippen molar-refractivity contribution in [3.8, 4) is 5.75 Å². The number of aliphatic hydroxyl groups excluding tert-OH is 1. The fourth-order valence-electron chi connectivity index (χ4n) is 1.71. The van der Waals surface area contributed by atoms with Crippen molar-refractivity contribution in [3.05, 3.63) is 50.6 Å². The summed E-state index contributed by atoms with van der Waals surface area (Å²) in [4.78, 5) is 1.20. The Bertz CT molecular complexity index is 505. The van der Waals surface area contributed by atoms with Crippen LogP contribution in [0.25, 0.3) is 0 Å². The first-order chi connectivity index (χ1) is 9.13. The van der Waals surface area contributed by atoms with Crippen LogP contribution in [0.15, 0.2) is 40.2 Å². The van der Waals surface area contributed by atoms with Gasteiger partial charge in [-0.05, 0) is 65.5 Å².